The molecule has 6 nitrogen and oxygen atoms in total. The summed E-state index contributed by atoms with van der Waals surface area (Å²) < 4.78 is 5.20. The molecule has 0 bridgehead atoms. The fourth-order valence-corrected chi connectivity index (χ4v) is 4.44. The molecule has 2 unspecified atom stereocenters. The zero-order valence-electron chi connectivity index (χ0n) is 14.9. The van der Waals surface area contributed by atoms with Crippen LogP contribution in [0, 0.1) is 5.41 Å². The van der Waals surface area contributed by atoms with Gasteiger partial charge in [-0.25, -0.2) is 0 Å². The Kier molecular flexibility index (Phi) is 4.18. The molecule has 6 heteroatoms. The minimum Gasteiger partial charge on any atom is -0.497 e. The number of rotatable bonds is 3. The quantitative estimate of drug-likeness (QED) is 0.817. The molecule has 1 saturated heterocycles. The number of hydrogen-bond donors (Lipinski definition) is 2. The number of nitrogens with one attached hydrogen (secondary N) is 2. The van der Waals surface area contributed by atoms with Gasteiger partial charge in [0.05, 0.1) is 7.11 Å². The van der Waals surface area contributed by atoms with Crippen molar-refractivity contribution in [3.8, 4) is 5.75 Å². The molecule has 2 aromatic carbocycles. The molecule has 2 aromatic rings. The van der Waals surface area contributed by atoms with Crippen molar-refractivity contribution in [2.75, 3.05) is 7.11 Å². The van der Waals surface area contributed by atoms with E-state index in [4.69, 9.17) is 4.74 Å². The van der Waals surface area contributed by atoms with E-state index in [0.717, 1.165) is 11.1 Å². The van der Waals surface area contributed by atoms with Gasteiger partial charge in [-0.15, -0.1) is 0 Å². The van der Waals surface area contributed by atoms with Crippen LogP contribution >= 0.6 is 0 Å². The Bertz CT molecular complexity index is 876. The van der Waals surface area contributed by atoms with Crippen LogP contribution in [-0.2, 0) is 14.4 Å². The van der Waals surface area contributed by atoms with E-state index in [2.05, 4.69) is 10.9 Å². The van der Waals surface area contributed by atoms with Crippen LogP contribution in [0.2, 0.25) is 0 Å². The molecule has 138 valence electrons. The monoisotopic (exact) mass is 364 g/mol. The van der Waals surface area contributed by atoms with Gasteiger partial charge in [-0.3, -0.25) is 25.2 Å². The van der Waals surface area contributed by atoms with Crippen molar-refractivity contribution in [2.45, 2.75) is 24.7 Å². The zero-order chi connectivity index (χ0) is 19.0. The highest BCUT2D eigenvalue weighted by Crippen LogP contribution is 2.55. The predicted octanol–water partition coefficient (Wildman–Crippen LogP) is 2.07. The highest BCUT2D eigenvalue weighted by atomic mass is 16.5. The van der Waals surface area contributed by atoms with Crippen molar-refractivity contribution in [3.05, 3.63) is 65.7 Å². The molecule has 2 N–H and O–H groups in total. The van der Waals surface area contributed by atoms with Gasteiger partial charge in [-0.05, 0) is 23.3 Å². The number of carbonyl (C=O) groups excluding carboxylic acids is 3. The van der Waals surface area contributed by atoms with Gasteiger partial charge in [0, 0.05) is 24.7 Å². The lowest BCUT2D eigenvalue weighted by molar-refractivity contribution is -0.143. The molecule has 4 rings (SSSR count). The molecule has 27 heavy (non-hydrogen) atoms. The lowest BCUT2D eigenvalue weighted by Gasteiger charge is -2.42. The number of methoxy groups -OCH3 is 1. The van der Waals surface area contributed by atoms with E-state index in [1.54, 1.807) is 19.2 Å². The maximum absolute atomic E-state index is 13.0. The number of carbonyl (C=O) groups is 3. The van der Waals surface area contributed by atoms with Gasteiger partial charge in [-0.2, -0.15) is 0 Å². The smallest absolute Gasteiger partial charge is 0.255 e. The summed E-state index contributed by atoms with van der Waals surface area (Å²) in [6.45, 7) is 0. The second-order valence-electron chi connectivity index (χ2n) is 7.01. The van der Waals surface area contributed by atoms with E-state index in [9.17, 15) is 14.4 Å². The zero-order valence-corrected chi connectivity index (χ0v) is 14.9. The third-order valence-electron chi connectivity index (χ3n) is 5.72. The van der Waals surface area contributed by atoms with Crippen LogP contribution in [0.4, 0.5) is 0 Å². The normalized spacial score (nSPS) is 23.8. The van der Waals surface area contributed by atoms with Crippen LogP contribution in [0.5, 0.6) is 5.75 Å². The van der Waals surface area contributed by atoms with Crippen molar-refractivity contribution in [2.24, 2.45) is 5.41 Å². The van der Waals surface area contributed by atoms with Crippen molar-refractivity contribution in [3.63, 3.8) is 0 Å². The fourth-order valence-electron chi connectivity index (χ4n) is 4.44. The summed E-state index contributed by atoms with van der Waals surface area (Å²) >= 11 is 0. The number of hydrogen-bond acceptors (Lipinski definition) is 4. The summed E-state index contributed by atoms with van der Waals surface area (Å²) in [6, 6.07) is 16.5. The fraction of sp³-hybridized carbons (Fsp3) is 0.286. The minimum atomic E-state index is -1.36. The first-order chi connectivity index (χ1) is 13.1. The summed E-state index contributed by atoms with van der Waals surface area (Å²) in [4.78, 5) is 38.7. The van der Waals surface area contributed by atoms with E-state index in [0.29, 0.717) is 5.75 Å². The standard InChI is InChI=1S/C21H20N2O4/c1-27-16-9-7-14(8-10-16)18-12-15(24)11-17(13-5-3-2-4-6-13)21(18)19(25)22-23-20(21)26/h2-10,17-18H,11-12H2,1H3,(H,22,25)(H,23,26). The second-order valence-corrected chi connectivity index (χ2v) is 7.01. The highest BCUT2D eigenvalue weighted by molar-refractivity contribution is 6.13. The SMILES string of the molecule is COc1ccc(C2CC(=O)CC(c3ccccc3)C23C(=O)NNC3=O)cc1. The van der Waals surface area contributed by atoms with Crippen molar-refractivity contribution in [1.29, 1.82) is 0 Å². The summed E-state index contributed by atoms with van der Waals surface area (Å²) in [7, 11) is 1.57. The van der Waals surface area contributed by atoms with Crippen molar-refractivity contribution >= 4 is 17.6 Å². The summed E-state index contributed by atoms with van der Waals surface area (Å²) in [5, 5.41) is 0. The number of benzene rings is 2. The Morgan fingerprint density at radius 1 is 0.815 bits per heavy atom. The Balaban J connectivity index is 1.89. The number of ether oxygens (including phenoxy) is 1. The summed E-state index contributed by atoms with van der Waals surface area (Å²) in [5.74, 6) is -1.10. The average molecular weight is 364 g/mol. The summed E-state index contributed by atoms with van der Waals surface area (Å²) in [5.41, 5.74) is 5.22. The Morgan fingerprint density at radius 2 is 1.33 bits per heavy atom. The lowest BCUT2D eigenvalue weighted by atomic mass is 9.55. The maximum atomic E-state index is 13.0. The average Bonchev–Trinajstić information content (AvgIpc) is 2.99. The maximum Gasteiger partial charge on any atom is 0.255 e. The first-order valence-corrected chi connectivity index (χ1v) is 8.89. The van der Waals surface area contributed by atoms with E-state index in [1.807, 2.05) is 42.5 Å². The Hall–Kier alpha value is -3.15. The Labute approximate surface area is 156 Å². The molecule has 2 atom stereocenters. The third kappa shape index (κ3) is 2.60. The molecule has 1 aliphatic heterocycles. The molecule has 2 aliphatic rings. The second kappa shape index (κ2) is 6.54. The lowest BCUT2D eigenvalue weighted by Crippen LogP contribution is -2.50. The molecule has 0 aromatic heterocycles. The molecule has 1 aliphatic carbocycles. The molecule has 1 heterocycles. The van der Waals surface area contributed by atoms with Crippen LogP contribution in [-0.4, -0.2) is 24.7 Å². The van der Waals surface area contributed by atoms with Gasteiger partial charge in [0.15, 0.2) is 0 Å². The van der Waals surface area contributed by atoms with E-state index >= 15 is 0 Å². The van der Waals surface area contributed by atoms with E-state index < -0.39 is 17.3 Å². The predicted molar refractivity (Wildman–Crippen MR) is 97.9 cm³/mol. The van der Waals surface area contributed by atoms with Gasteiger partial charge in [0.2, 0.25) is 0 Å². The topological polar surface area (TPSA) is 84.5 Å². The molecule has 1 spiro atoms. The first-order valence-electron chi connectivity index (χ1n) is 8.89. The third-order valence-corrected chi connectivity index (χ3v) is 5.72. The number of ketones is 1. The first kappa shape index (κ1) is 17.3. The number of hydrazine groups is 1. The molecular formula is C21H20N2O4. The van der Waals surface area contributed by atoms with E-state index in [1.165, 1.54) is 0 Å². The molecule has 1 saturated carbocycles. The van der Waals surface area contributed by atoms with Crippen LogP contribution in [0.25, 0.3) is 0 Å². The van der Waals surface area contributed by atoms with Gasteiger partial charge < -0.3 is 4.74 Å². The molecule has 2 fully saturated rings. The van der Waals surface area contributed by atoms with Gasteiger partial charge in [-0.1, -0.05) is 42.5 Å². The number of Topliss-reactive ketones (excluding diaryl/α,β-unsaturated/α-hetero) is 1. The van der Waals surface area contributed by atoms with Gasteiger partial charge in [0.1, 0.15) is 16.9 Å². The largest absolute Gasteiger partial charge is 0.497 e. The van der Waals surface area contributed by atoms with Crippen molar-refractivity contribution in [1.82, 2.24) is 10.9 Å². The molecule has 2 amide bonds. The highest BCUT2D eigenvalue weighted by Gasteiger charge is 2.63. The van der Waals surface area contributed by atoms with Crippen LogP contribution in [0.3, 0.4) is 0 Å². The van der Waals surface area contributed by atoms with E-state index in [-0.39, 0.29) is 30.4 Å². The van der Waals surface area contributed by atoms with Gasteiger partial charge in [0.25, 0.3) is 11.8 Å². The van der Waals surface area contributed by atoms with Gasteiger partial charge >= 0.3 is 0 Å². The van der Waals surface area contributed by atoms with Crippen molar-refractivity contribution < 1.29 is 19.1 Å². The van der Waals surface area contributed by atoms with Crippen LogP contribution in [0.15, 0.2) is 54.6 Å². The molecule has 0 radical (unpaired) electrons. The molecular weight excluding hydrogens is 344 g/mol. The summed E-state index contributed by atoms with van der Waals surface area (Å²) in [6.07, 6.45) is 0.314. The number of amides is 2. The minimum absolute atomic E-state index is 0.0443. The Morgan fingerprint density at radius 3 is 1.85 bits per heavy atom. The van der Waals surface area contributed by atoms with Crippen LogP contribution in [0.1, 0.15) is 35.8 Å². The van der Waals surface area contributed by atoms with Crippen LogP contribution < -0.4 is 15.6 Å².